The van der Waals surface area contributed by atoms with Crippen LogP contribution in [0.25, 0.3) is 0 Å². The number of nitrogens with zero attached hydrogens (tertiary/aromatic N) is 1. The maximum Gasteiger partial charge on any atom is 0.257 e. The molecule has 1 aliphatic carbocycles. The Kier molecular flexibility index (Phi) is 5.46. The number of aromatic nitrogens is 2. The Labute approximate surface area is 179 Å². The van der Waals surface area contributed by atoms with Gasteiger partial charge in [0.1, 0.15) is 5.82 Å². The van der Waals surface area contributed by atoms with Crippen LogP contribution in [0.15, 0.2) is 33.4 Å². The van der Waals surface area contributed by atoms with E-state index < -0.39 is 0 Å². The number of carbonyl (C=O) groups excluding carboxylic acids is 1. The molecule has 7 heteroatoms. The van der Waals surface area contributed by atoms with E-state index in [2.05, 4.69) is 37.1 Å². The Bertz CT molecular complexity index is 1050. The molecular weight excluding hydrogens is 402 g/mol. The highest BCUT2D eigenvalue weighted by molar-refractivity contribution is 7.99. The molecule has 2 N–H and O–H groups in total. The largest absolute Gasteiger partial charge is 0.343 e. The SMILES string of the molecule is CCCCSc1nc2c(c(=O)[nH]1)[C@H](c1ccc(C)s1)C1=C(CC(C)(C)CC1=O)N2. The summed E-state index contributed by atoms with van der Waals surface area (Å²) in [5.74, 6) is 1.32. The summed E-state index contributed by atoms with van der Waals surface area (Å²) in [7, 11) is 0. The first-order chi connectivity index (χ1) is 13.8. The van der Waals surface area contributed by atoms with Crippen molar-refractivity contribution in [3.05, 3.63) is 49.1 Å². The Morgan fingerprint density at radius 3 is 2.76 bits per heavy atom. The van der Waals surface area contributed by atoms with Gasteiger partial charge in [0.25, 0.3) is 5.56 Å². The van der Waals surface area contributed by atoms with Gasteiger partial charge < -0.3 is 10.3 Å². The summed E-state index contributed by atoms with van der Waals surface area (Å²) < 4.78 is 0. The number of rotatable bonds is 5. The number of thioether (sulfide) groups is 1. The van der Waals surface area contributed by atoms with Crippen LogP contribution in [-0.4, -0.2) is 21.5 Å². The number of thiophene rings is 1. The first kappa shape index (κ1) is 20.4. The summed E-state index contributed by atoms with van der Waals surface area (Å²) in [6.07, 6.45) is 3.46. The lowest BCUT2D eigenvalue weighted by Gasteiger charge is -2.38. The third kappa shape index (κ3) is 3.94. The second kappa shape index (κ2) is 7.76. The topological polar surface area (TPSA) is 74.8 Å². The summed E-state index contributed by atoms with van der Waals surface area (Å²) in [5, 5.41) is 4.02. The van der Waals surface area contributed by atoms with Gasteiger partial charge in [0.15, 0.2) is 10.9 Å². The number of Topliss-reactive ketones (excluding diaryl/α,β-unsaturated/α-hetero) is 1. The molecule has 0 saturated carbocycles. The van der Waals surface area contributed by atoms with Gasteiger partial charge in [0.05, 0.1) is 11.5 Å². The average Bonchev–Trinajstić information content (AvgIpc) is 3.05. The molecule has 4 rings (SSSR count). The molecule has 0 fully saturated rings. The molecule has 2 aromatic heterocycles. The fourth-order valence-corrected chi connectivity index (χ4v) is 6.11. The van der Waals surface area contributed by atoms with Crippen molar-refractivity contribution in [1.29, 1.82) is 0 Å². The smallest absolute Gasteiger partial charge is 0.257 e. The predicted molar refractivity (Wildman–Crippen MR) is 120 cm³/mol. The van der Waals surface area contributed by atoms with Gasteiger partial charge in [-0.3, -0.25) is 9.59 Å². The molecule has 1 atom stereocenters. The van der Waals surface area contributed by atoms with Crippen molar-refractivity contribution in [1.82, 2.24) is 9.97 Å². The third-order valence-electron chi connectivity index (χ3n) is 5.48. The Hall–Kier alpha value is -1.86. The molecule has 0 bridgehead atoms. The number of carbonyl (C=O) groups is 1. The van der Waals surface area contributed by atoms with Crippen LogP contribution in [0, 0.1) is 12.3 Å². The predicted octanol–water partition coefficient (Wildman–Crippen LogP) is 5.23. The van der Waals surface area contributed by atoms with E-state index in [9.17, 15) is 9.59 Å². The first-order valence-electron chi connectivity index (χ1n) is 10.2. The van der Waals surface area contributed by atoms with E-state index in [4.69, 9.17) is 4.98 Å². The normalized spacial score (nSPS) is 20.3. The van der Waals surface area contributed by atoms with Gasteiger partial charge in [-0.25, -0.2) is 4.98 Å². The van der Waals surface area contributed by atoms with Crippen LogP contribution in [-0.2, 0) is 4.79 Å². The molecule has 0 saturated heterocycles. The first-order valence-corrected chi connectivity index (χ1v) is 12.0. The van der Waals surface area contributed by atoms with Crippen LogP contribution in [0.1, 0.15) is 67.7 Å². The van der Waals surface area contributed by atoms with E-state index in [1.54, 1.807) is 23.1 Å². The zero-order valence-electron chi connectivity index (χ0n) is 17.3. The lowest BCUT2D eigenvalue weighted by atomic mass is 9.70. The van der Waals surface area contributed by atoms with Crippen LogP contribution < -0.4 is 10.9 Å². The highest BCUT2D eigenvalue weighted by Gasteiger charge is 2.42. The number of nitrogens with one attached hydrogen (secondary N) is 2. The molecule has 0 unspecified atom stereocenters. The van der Waals surface area contributed by atoms with Crippen molar-refractivity contribution >= 4 is 34.7 Å². The van der Waals surface area contributed by atoms with E-state index in [1.807, 2.05) is 13.0 Å². The number of hydrogen-bond acceptors (Lipinski definition) is 6. The van der Waals surface area contributed by atoms with Gasteiger partial charge in [-0.1, -0.05) is 39.0 Å². The minimum absolute atomic E-state index is 0.101. The molecule has 0 aromatic carbocycles. The van der Waals surface area contributed by atoms with Gasteiger partial charge >= 0.3 is 0 Å². The summed E-state index contributed by atoms with van der Waals surface area (Å²) >= 11 is 3.22. The van der Waals surface area contributed by atoms with Gasteiger partial charge in [-0.15, -0.1) is 11.3 Å². The van der Waals surface area contributed by atoms with Gasteiger partial charge in [0, 0.05) is 33.2 Å². The average molecular weight is 430 g/mol. The Balaban J connectivity index is 1.85. The van der Waals surface area contributed by atoms with Crippen molar-refractivity contribution in [3.8, 4) is 0 Å². The third-order valence-corrected chi connectivity index (χ3v) is 7.51. The van der Waals surface area contributed by atoms with E-state index in [0.717, 1.165) is 41.2 Å². The highest BCUT2D eigenvalue weighted by Crippen LogP contribution is 2.48. The maximum atomic E-state index is 13.2. The number of aryl methyl sites for hydroxylation is 1. The zero-order valence-corrected chi connectivity index (χ0v) is 19.0. The summed E-state index contributed by atoms with van der Waals surface area (Å²) in [6, 6.07) is 4.09. The number of aromatic amines is 1. The molecule has 3 heterocycles. The number of anilines is 1. The second-order valence-corrected chi connectivity index (χ2v) is 11.1. The minimum atomic E-state index is -0.338. The van der Waals surface area contributed by atoms with Crippen LogP contribution in [0.2, 0.25) is 0 Å². The van der Waals surface area contributed by atoms with E-state index in [-0.39, 0.29) is 22.7 Å². The lowest BCUT2D eigenvalue weighted by Crippen LogP contribution is -2.36. The molecular formula is C22H27N3O2S2. The molecule has 29 heavy (non-hydrogen) atoms. The van der Waals surface area contributed by atoms with Crippen LogP contribution in [0.3, 0.4) is 0 Å². The molecule has 154 valence electrons. The lowest BCUT2D eigenvalue weighted by molar-refractivity contribution is -0.118. The van der Waals surface area contributed by atoms with Crippen LogP contribution >= 0.6 is 23.1 Å². The fraction of sp³-hybridized carbons (Fsp3) is 0.500. The van der Waals surface area contributed by atoms with Crippen molar-refractivity contribution in [2.75, 3.05) is 11.1 Å². The quantitative estimate of drug-likeness (QED) is 0.387. The van der Waals surface area contributed by atoms with E-state index >= 15 is 0 Å². The van der Waals surface area contributed by atoms with Crippen LogP contribution in [0.5, 0.6) is 0 Å². The molecule has 5 nitrogen and oxygen atoms in total. The molecule has 2 aromatic rings. The molecule has 2 aliphatic rings. The number of hydrogen-bond donors (Lipinski definition) is 2. The summed E-state index contributed by atoms with van der Waals surface area (Å²) in [6.45, 7) is 8.43. The Morgan fingerprint density at radius 2 is 2.07 bits per heavy atom. The van der Waals surface area contributed by atoms with E-state index in [1.165, 1.54) is 4.88 Å². The van der Waals surface area contributed by atoms with E-state index in [0.29, 0.717) is 23.0 Å². The maximum absolute atomic E-state index is 13.2. The number of fused-ring (bicyclic) bond motifs is 1. The molecule has 0 spiro atoms. The van der Waals surface area contributed by atoms with Gasteiger partial charge in [-0.05, 0) is 37.3 Å². The number of H-pyrrole nitrogens is 1. The molecule has 1 aliphatic heterocycles. The highest BCUT2D eigenvalue weighted by atomic mass is 32.2. The van der Waals surface area contributed by atoms with Crippen molar-refractivity contribution in [2.24, 2.45) is 5.41 Å². The minimum Gasteiger partial charge on any atom is -0.343 e. The zero-order chi connectivity index (χ0) is 20.8. The van der Waals surface area contributed by atoms with Gasteiger partial charge in [0.2, 0.25) is 0 Å². The van der Waals surface area contributed by atoms with Crippen LogP contribution in [0.4, 0.5) is 5.82 Å². The molecule has 0 amide bonds. The van der Waals surface area contributed by atoms with Crippen molar-refractivity contribution < 1.29 is 4.79 Å². The number of allylic oxidation sites excluding steroid dienone is 2. The summed E-state index contributed by atoms with van der Waals surface area (Å²) in [5.41, 5.74) is 1.99. The fourth-order valence-electron chi connectivity index (χ4n) is 4.17. The molecule has 0 radical (unpaired) electrons. The number of ketones is 1. The Morgan fingerprint density at radius 1 is 1.28 bits per heavy atom. The standard InChI is InChI=1S/C22H27N3O2S2/c1-5-6-9-28-21-24-19-18(20(27)25-21)17(15-8-7-12(2)29-15)16-13(23-19)10-22(3,4)11-14(16)26/h7-8,17H,5-6,9-11H2,1-4H3,(H2,23,24,25,27)/t17-/m1/s1. The number of unbranched alkanes of at least 4 members (excludes halogenated alkanes) is 1. The second-order valence-electron chi connectivity index (χ2n) is 8.67. The van der Waals surface area contributed by atoms with Gasteiger partial charge in [-0.2, -0.15) is 0 Å². The van der Waals surface area contributed by atoms with Crippen molar-refractivity contribution in [3.63, 3.8) is 0 Å². The summed E-state index contributed by atoms with van der Waals surface area (Å²) in [4.78, 5) is 36.2. The van der Waals surface area contributed by atoms with Crippen molar-refractivity contribution in [2.45, 2.75) is 64.5 Å². The monoisotopic (exact) mass is 429 g/mol.